The standard InChI is InChI=1S/C23H25NO4/c25-22(24(20-11-12-20)19-8-2-1-3-9-19)15-28-23(26)16-27-21-13-10-17-6-4-5-7-18(17)14-21/h4-8,10,13-14,20H,1-3,9,11-12,15-16H2. The fourth-order valence-corrected chi connectivity index (χ4v) is 3.62. The van der Waals surface area contributed by atoms with E-state index in [0.29, 0.717) is 5.75 Å². The lowest BCUT2D eigenvalue weighted by Crippen LogP contribution is -2.36. The maximum atomic E-state index is 12.6. The van der Waals surface area contributed by atoms with Crippen LogP contribution in [0.15, 0.2) is 54.2 Å². The Kier molecular flexibility index (Phi) is 5.60. The number of esters is 1. The molecule has 1 fully saturated rings. The van der Waals surface area contributed by atoms with Gasteiger partial charge in [-0.15, -0.1) is 0 Å². The van der Waals surface area contributed by atoms with Crippen LogP contribution in [-0.2, 0) is 14.3 Å². The Morgan fingerprint density at radius 1 is 1.00 bits per heavy atom. The Labute approximate surface area is 164 Å². The van der Waals surface area contributed by atoms with Gasteiger partial charge in [-0.25, -0.2) is 4.79 Å². The molecule has 1 amide bonds. The Hall–Kier alpha value is -2.82. The highest BCUT2D eigenvalue weighted by Gasteiger charge is 2.35. The second-order valence-electron chi connectivity index (χ2n) is 7.39. The number of carbonyl (C=O) groups excluding carboxylic acids is 2. The summed E-state index contributed by atoms with van der Waals surface area (Å²) in [6.45, 7) is -0.439. The summed E-state index contributed by atoms with van der Waals surface area (Å²) in [5, 5.41) is 2.16. The van der Waals surface area contributed by atoms with E-state index in [4.69, 9.17) is 9.47 Å². The van der Waals surface area contributed by atoms with Gasteiger partial charge in [0.15, 0.2) is 13.2 Å². The van der Waals surface area contributed by atoms with Gasteiger partial charge < -0.3 is 14.4 Å². The molecule has 0 heterocycles. The lowest BCUT2D eigenvalue weighted by molar-refractivity contribution is -0.153. The van der Waals surface area contributed by atoms with Gasteiger partial charge in [-0.2, -0.15) is 0 Å². The first-order valence-corrected chi connectivity index (χ1v) is 9.99. The normalized spacial score (nSPS) is 16.4. The number of carbonyl (C=O) groups is 2. The van der Waals surface area contributed by atoms with Gasteiger partial charge in [0.05, 0.1) is 0 Å². The molecule has 0 saturated heterocycles. The number of hydrogen-bond donors (Lipinski definition) is 0. The van der Waals surface area contributed by atoms with Crippen LogP contribution in [0.4, 0.5) is 0 Å². The smallest absolute Gasteiger partial charge is 0.344 e. The van der Waals surface area contributed by atoms with E-state index in [1.165, 1.54) is 6.42 Å². The van der Waals surface area contributed by atoms with Gasteiger partial charge in [0.2, 0.25) is 0 Å². The zero-order chi connectivity index (χ0) is 19.3. The zero-order valence-electron chi connectivity index (χ0n) is 15.9. The zero-order valence-corrected chi connectivity index (χ0v) is 15.9. The second kappa shape index (κ2) is 8.46. The summed E-state index contributed by atoms with van der Waals surface area (Å²) in [5.41, 5.74) is 1.10. The maximum Gasteiger partial charge on any atom is 0.344 e. The Balaban J connectivity index is 1.28. The lowest BCUT2D eigenvalue weighted by atomic mass is 10.0. The van der Waals surface area contributed by atoms with Crippen molar-refractivity contribution in [2.24, 2.45) is 0 Å². The minimum Gasteiger partial charge on any atom is -0.482 e. The molecule has 4 rings (SSSR count). The fourth-order valence-electron chi connectivity index (χ4n) is 3.62. The van der Waals surface area contributed by atoms with Crippen molar-refractivity contribution in [3.8, 4) is 5.75 Å². The number of ether oxygens (including phenoxy) is 2. The van der Waals surface area contributed by atoms with Crippen molar-refractivity contribution in [3.63, 3.8) is 0 Å². The molecular weight excluding hydrogens is 354 g/mol. The summed E-state index contributed by atoms with van der Waals surface area (Å²) >= 11 is 0. The molecule has 0 atom stereocenters. The molecule has 0 unspecified atom stereocenters. The van der Waals surface area contributed by atoms with E-state index in [9.17, 15) is 9.59 Å². The molecule has 0 N–H and O–H groups in total. The molecule has 2 aromatic carbocycles. The fraction of sp³-hybridized carbons (Fsp3) is 0.391. The number of benzene rings is 2. The van der Waals surface area contributed by atoms with E-state index >= 15 is 0 Å². The topological polar surface area (TPSA) is 55.8 Å². The van der Waals surface area contributed by atoms with Gasteiger partial charge >= 0.3 is 5.97 Å². The highest BCUT2D eigenvalue weighted by atomic mass is 16.6. The molecule has 0 bridgehead atoms. The molecule has 1 saturated carbocycles. The number of amides is 1. The Morgan fingerprint density at radius 3 is 2.57 bits per heavy atom. The van der Waals surface area contributed by atoms with Gasteiger partial charge in [-0.3, -0.25) is 4.79 Å². The molecule has 0 spiro atoms. The maximum absolute atomic E-state index is 12.6. The Morgan fingerprint density at radius 2 is 1.82 bits per heavy atom. The molecule has 5 heteroatoms. The van der Waals surface area contributed by atoms with E-state index in [0.717, 1.165) is 48.6 Å². The average Bonchev–Trinajstić information content (AvgIpc) is 3.56. The van der Waals surface area contributed by atoms with Crippen LogP contribution in [0, 0.1) is 0 Å². The van der Waals surface area contributed by atoms with Crippen LogP contribution >= 0.6 is 0 Å². The molecule has 0 radical (unpaired) electrons. The van der Waals surface area contributed by atoms with Crippen molar-refractivity contribution in [2.75, 3.05) is 13.2 Å². The number of rotatable bonds is 7. The number of hydrogen-bond acceptors (Lipinski definition) is 4. The summed E-state index contributed by atoms with van der Waals surface area (Å²) in [5.74, 6) is -0.0569. The van der Waals surface area contributed by atoms with Crippen molar-refractivity contribution in [1.29, 1.82) is 0 Å². The van der Waals surface area contributed by atoms with Crippen LogP contribution in [0.25, 0.3) is 10.8 Å². The van der Waals surface area contributed by atoms with Gasteiger partial charge in [0.25, 0.3) is 5.91 Å². The summed E-state index contributed by atoms with van der Waals surface area (Å²) in [7, 11) is 0. The predicted molar refractivity (Wildman–Crippen MR) is 107 cm³/mol. The monoisotopic (exact) mass is 379 g/mol. The van der Waals surface area contributed by atoms with Crippen LogP contribution in [0.3, 0.4) is 0 Å². The first-order valence-electron chi connectivity index (χ1n) is 9.99. The van der Waals surface area contributed by atoms with E-state index in [1.54, 1.807) is 0 Å². The van der Waals surface area contributed by atoms with Crippen LogP contribution in [0.5, 0.6) is 5.75 Å². The first kappa shape index (κ1) is 18.5. The number of nitrogens with zero attached hydrogens (tertiary/aromatic N) is 1. The third kappa shape index (κ3) is 4.53. The molecule has 146 valence electrons. The van der Waals surface area contributed by atoms with Gasteiger partial charge in [0, 0.05) is 11.7 Å². The Bertz CT molecular complexity index is 900. The summed E-state index contributed by atoms with van der Waals surface area (Å²) in [6, 6.07) is 13.9. The molecule has 5 nitrogen and oxygen atoms in total. The van der Waals surface area contributed by atoms with Crippen molar-refractivity contribution in [1.82, 2.24) is 4.90 Å². The van der Waals surface area contributed by atoms with Gasteiger partial charge in [0.1, 0.15) is 5.75 Å². The van der Waals surface area contributed by atoms with Crippen LogP contribution < -0.4 is 4.74 Å². The largest absolute Gasteiger partial charge is 0.482 e. The van der Waals surface area contributed by atoms with Crippen LogP contribution in [0.2, 0.25) is 0 Å². The summed E-state index contributed by atoms with van der Waals surface area (Å²) < 4.78 is 10.7. The third-order valence-corrected chi connectivity index (χ3v) is 5.19. The summed E-state index contributed by atoms with van der Waals surface area (Å²) in [4.78, 5) is 26.5. The minimum absolute atomic E-state index is 0.130. The molecular formula is C23H25NO4. The molecule has 2 aromatic rings. The van der Waals surface area contributed by atoms with Crippen LogP contribution in [-0.4, -0.2) is 36.0 Å². The van der Waals surface area contributed by atoms with E-state index in [-0.39, 0.29) is 25.2 Å². The number of fused-ring (bicyclic) bond motifs is 1. The minimum atomic E-state index is -0.533. The molecule has 2 aliphatic carbocycles. The first-order chi connectivity index (χ1) is 13.7. The third-order valence-electron chi connectivity index (χ3n) is 5.19. The molecule has 2 aliphatic rings. The second-order valence-corrected chi connectivity index (χ2v) is 7.39. The lowest BCUT2D eigenvalue weighted by Gasteiger charge is -2.27. The van der Waals surface area contributed by atoms with E-state index in [1.807, 2.05) is 47.4 Å². The molecule has 0 aliphatic heterocycles. The van der Waals surface area contributed by atoms with Crippen molar-refractivity contribution >= 4 is 22.6 Å². The molecule has 0 aromatic heterocycles. The van der Waals surface area contributed by atoms with Crippen molar-refractivity contribution in [2.45, 2.75) is 44.6 Å². The van der Waals surface area contributed by atoms with E-state index in [2.05, 4.69) is 6.08 Å². The summed E-state index contributed by atoms with van der Waals surface area (Å²) in [6.07, 6.45) is 8.46. The average molecular weight is 379 g/mol. The molecule has 28 heavy (non-hydrogen) atoms. The predicted octanol–water partition coefficient (Wildman–Crippen LogP) is 4.21. The quantitative estimate of drug-likeness (QED) is 0.676. The van der Waals surface area contributed by atoms with Gasteiger partial charge in [-0.05, 0) is 61.4 Å². The number of allylic oxidation sites excluding steroid dienone is 2. The SMILES string of the molecule is O=C(COc1ccc2ccccc2c1)OCC(=O)N(C1=CCCCC1)C1CC1. The van der Waals surface area contributed by atoms with E-state index < -0.39 is 5.97 Å². The highest BCUT2D eigenvalue weighted by Crippen LogP contribution is 2.33. The van der Waals surface area contributed by atoms with Crippen LogP contribution in [0.1, 0.15) is 38.5 Å². The highest BCUT2D eigenvalue weighted by molar-refractivity contribution is 5.84. The van der Waals surface area contributed by atoms with Crippen molar-refractivity contribution in [3.05, 3.63) is 54.2 Å². The van der Waals surface area contributed by atoms with Crippen molar-refractivity contribution < 1.29 is 19.1 Å². The van der Waals surface area contributed by atoms with Gasteiger partial charge in [-0.1, -0.05) is 36.4 Å².